The second-order valence-electron chi connectivity index (χ2n) is 9.76. The lowest BCUT2D eigenvalue weighted by molar-refractivity contribution is 0.00566. The van der Waals surface area contributed by atoms with Crippen LogP contribution in [0, 0.1) is 6.92 Å². The molecule has 0 bridgehead atoms. The van der Waals surface area contributed by atoms with E-state index in [1.54, 1.807) is 0 Å². The van der Waals surface area contributed by atoms with Crippen molar-refractivity contribution in [2.24, 2.45) is 0 Å². The van der Waals surface area contributed by atoms with E-state index in [2.05, 4.69) is 84.7 Å². The van der Waals surface area contributed by atoms with Crippen LogP contribution in [0.4, 0.5) is 0 Å². The number of aryl methyl sites for hydroxylation is 1. The molecule has 3 heterocycles. The Balaban J connectivity index is 1.65. The summed E-state index contributed by atoms with van der Waals surface area (Å²) in [6.07, 6.45) is 1.83. The summed E-state index contributed by atoms with van der Waals surface area (Å²) in [7, 11) is 0. The molecule has 0 saturated carbocycles. The van der Waals surface area contributed by atoms with Crippen molar-refractivity contribution in [2.45, 2.75) is 65.6 Å². The van der Waals surface area contributed by atoms with Gasteiger partial charge in [0.15, 0.2) is 5.89 Å². The molecule has 5 heteroatoms. The van der Waals surface area contributed by atoms with Crippen LogP contribution in [0.15, 0.2) is 40.9 Å². The molecule has 2 aromatic heterocycles. The molecule has 0 amide bonds. The first-order valence-electron chi connectivity index (χ1n) is 11.0. The minimum absolute atomic E-state index is 0.119. The highest BCUT2D eigenvalue weighted by molar-refractivity contribution is 5.72. The highest BCUT2D eigenvalue weighted by atomic mass is 16.4. The van der Waals surface area contributed by atoms with E-state index in [0.29, 0.717) is 23.6 Å². The molecule has 0 aliphatic carbocycles. The van der Waals surface area contributed by atoms with E-state index in [1.165, 1.54) is 16.7 Å². The molecule has 4 rings (SSSR count). The number of oxazole rings is 1. The molecule has 1 aliphatic rings. The van der Waals surface area contributed by atoms with Crippen LogP contribution < -0.4 is 0 Å². The molecule has 1 aliphatic heterocycles. The molecule has 0 N–H and O–H groups in total. The fourth-order valence-electron chi connectivity index (χ4n) is 4.75. The molecule has 1 aromatic carbocycles. The van der Waals surface area contributed by atoms with E-state index in [-0.39, 0.29) is 5.54 Å². The van der Waals surface area contributed by atoms with Gasteiger partial charge in [0.05, 0.1) is 0 Å². The lowest BCUT2D eigenvalue weighted by atomic mass is 9.88. The molecule has 1 fully saturated rings. The maximum Gasteiger partial charge on any atom is 0.247 e. The number of aromatic nitrogens is 2. The Labute approximate surface area is 180 Å². The molecule has 160 valence electrons. The Hall–Kier alpha value is -2.24. The first-order chi connectivity index (χ1) is 14.2. The maximum absolute atomic E-state index is 5.64. The largest absolute Gasteiger partial charge is 0.423 e. The van der Waals surface area contributed by atoms with E-state index < -0.39 is 0 Å². The molecule has 30 heavy (non-hydrogen) atoms. The van der Waals surface area contributed by atoms with Gasteiger partial charge < -0.3 is 4.42 Å². The zero-order valence-corrected chi connectivity index (χ0v) is 19.1. The zero-order chi connectivity index (χ0) is 21.5. The topological polar surface area (TPSA) is 45.4 Å². The average molecular weight is 407 g/mol. The van der Waals surface area contributed by atoms with Gasteiger partial charge in [-0.15, -0.1) is 0 Å². The van der Waals surface area contributed by atoms with Crippen LogP contribution in [0.5, 0.6) is 0 Å². The molecule has 1 unspecified atom stereocenters. The first kappa shape index (κ1) is 21.0. The van der Waals surface area contributed by atoms with E-state index in [1.807, 2.05) is 13.1 Å². The number of pyridine rings is 1. The van der Waals surface area contributed by atoms with Crippen LogP contribution >= 0.6 is 0 Å². The van der Waals surface area contributed by atoms with Crippen LogP contribution in [0.1, 0.15) is 69.2 Å². The van der Waals surface area contributed by atoms with Crippen LogP contribution in [0.3, 0.4) is 0 Å². The van der Waals surface area contributed by atoms with Gasteiger partial charge in [0.2, 0.25) is 5.71 Å². The van der Waals surface area contributed by atoms with Crippen LogP contribution in [0.2, 0.25) is 0 Å². The van der Waals surface area contributed by atoms with Gasteiger partial charge >= 0.3 is 0 Å². The van der Waals surface area contributed by atoms with Gasteiger partial charge in [0.25, 0.3) is 0 Å². The van der Waals surface area contributed by atoms with Gasteiger partial charge in [0, 0.05) is 50.9 Å². The Morgan fingerprint density at radius 1 is 1.13 bits per heavy atom. The zero-order valence-electron chi connectivity index (χ0n) is 19.1. The van der Waals surface area contributed by atoms with Crippen LogP contribution in [-0.4, -0.2) is 44.9 Å². The highest BCUT2D eigenvalue weighted by Crippen LogP contribution is 2.36. The van der Waals surface area contributed by atoms with Gasteiger partial charge in [-0.25, -0.2) is 9.97 Å². The summed E-state index contributed by atoms with van der Waals surface area (Å²) in [6.45, 7) is 17.4. The third kappa shape index (κ3) is 4.14. The van der Waals surface area contributed by atoms with E-state index in [0.717, 1.165) is 31.7 Å². The second kappa shape index (κ2) is 8.12. The molecule has 5 nitrogen and oxygen atoms in total. The van der Waals surface area contributed by atoms with Crippen molar-refractivity contribution in [3.05, 3.63) is 59.1 Å². The van der Waals surface area contributed by atoms with Crippen molar-refractivity contribution in [1.82, 2.24) is 19.8 Å². The van der Waals surface area contributed by atoms with Gasteiger partial charge in [-0.05, 0) is 49.4 Å². The van der Waals surface area contributed by atoms with Crippen molar-refractivity contribution in [1.29, 1.82) is 0 Å². The fourth-order valence-corrected chi connectivity index (χ4v) is 4.75. The van der Waals surface area contributed by atoms with Gasteiger partial charge in [-0.2, -0.15) is 0 Å². The summed E-state index contributed by atoms with van der Waals surface area (Å²) in [5.74, 6) is 1.18. The summed E-state index contributed by atoms with van der Waals surface area (Å²) >= 11 is 0. The molecule has 0 radical (unpaired) electrons. The van der Waals surface area contributed by atoms with Gasteiger partial charge in [0.1, 0.15) is 5.52 Å². The summed E-state index contributed by atoms with van der Waals surface area (Å²) < 4.78 is 5.64. The Morgan fingerprint density at radius 2 is 1.90 bits per heavy atom. The number of benzene rings is 1. The molecular formula is C25H34N4O. The smallest absolute Gasteiger partial charge is 0.247 e. The van der Waals surface area contributed by atoms with Crippen LogP contribution in [0.25, 0.3) is 11.2 Å². The maximum atomic E-state index is 5.64. The monoisotopic (exact) mass is 406 g/mol. The SMILES string of the molecule is Cc1nc2c(CN3CCN(C(C)(C)C)C(c4ccccc4C(C)C)C3)ccnc2o1. The Kier molecular flexibility index (Phi) is 5.69. The lowest BCUT2D eigenvalue weighted by Gasteiger charge is -2.49. The third-order valence-corrected chi connectivity index (χ3v) is 6.18. The quantitative estimate of drug-likeness (QED) is 0.587. The fraction of sp³-hybridized carbons (Fsp3) is 0.520. The minimum atomic E-state index is 0.119. The predicted octanol–water partition coefficient (Wildman–Crippen LogP) is 5.31. The molecular weight excluding hydrogens is 372 g/mol. The van der Waals surface area contributed by atoms with Gasteiger partial charge in [-0.3, -0.25) is 9.80 Å². The van der Waals surface area contributed by atoms with Crippen molar-refractivity contribution >= 4 is 11.2 Å². The Bertz CT molecular complexity index is 1020. The van der Waals surface area contributed by atoms with E-state index >= 15 is 0 Å². The van der Waals surface area contributed by atoms with Crippen molar-refractivity contribution in [2.75, 3.05) is 19.6 Å². The number of fused-ring (bicyclic) bond motifs is 1. The Morgan fingerprint density at radius 3 is 2.63 bits per heavy atom. The summed E-state index contributed by atoms with van der Waals surface area (Å²) in [4.78, 5) is 14.2. The third-order valence-electron chi connectivity index (χ3n) is 6.18. The van der Waals surface area contributed by atoms with Crippen molar-refractivity contribution < 1.29 is 4.42 Å². The number of hydrogen-bond donors (Lipinski definition) is 0. The second-order valence-corrected chi connectivity index (χ2v) is 9.76. The summed E-state index contributed by atoms with van der Waals surface area (Å²) in [5.41, 5.74) is 5.76. The summed E-state index contributed by atoms with van der Waals surface area (Å²) in [6, 6.07) is 11.4. The normalized spacial score (nSPS) is 19.1. The predicted molar refractivity (Wildman–Crippen MR) is 122 cm³/mol. The van der Waals surface area contributed by atoms with E-state index in [9.17, 15) is 0 Å². The summed E-state index contributed by atoms with van der Waals surface area (Å²) in [5, 5.41) is 0. The lowest BCUT2D eigenvalue weighted by Crippen LogP contribution is -2.55. The number of nitrogens with zero attached hydrogens (tertiary/aromatic N) is 4. The van der Waals surface area contributed by atoms with Gasteiger partial charge in [-0.1, -0.05) is 38.1 Å². The number of rotatable bonds is 4. The first-order valence-corrected chi connectivity index (χ1v) is 11.0. The van der Waals surface area contributed by atoms with Crippen LogP contribution in [-0.2, 0) is 6.54 Å². The van der Waals surface area contributed by atoms with Crippen molar-refractivity contribution in [3.63, 3.8) is 0 Å². The van der Waals surface area contributed by atoms with E-state index in [4.69, 9.17) is 4.42 Å². The standard InChI is InChI=1S/C25H34N4O/c1-17(2)20-9-7-8-10-21(20)22-16-28(13-14-29(22)25(4,5)6)15-19-11-12-26-24-23(19)27-18(3)30-24/h7-12,17,22H,13-16H2,1-6H3. The number of piperazine rings is 1. The van der Waals surface area contributed by atoms with Crippen molar-refractivity contribution in [3.8, 4) is 0 Å². The molecule has 1 saturated heterocycles. The molecule has 1 atom stereocenters. The highest BCUT2D eigenvalue weighted by Gasteiger charge is 2.36. The average Bonchev–Trinajstić information content (AvgIpc) is 3.08. The minimum Gasteiger partial charge on any atom is -0.423 e. The molecule has 0 spiro atoms. The number of hydrogen-bond acceptors (Lipinski definition) is 5. The molecule has 3 aromatic rings.